The normalized spacial score (nSPS) is 33.9. The van der Waals surface area contributed by atoms with Crippen LogP contribution >= 0.6 is 0 Å². The third-order valence-electron chi connectivity index (χ3n) is 5.23. The number of hydrogen-bond donors (Lipinski definition) is 1. The van der Waals surface area contributed by atoms with Crippen LogP contribution < -0.4 is 5.32 Å². The van der Waals surface area contributed by atoms with E-state index >= 15 is 0 Å². The number of rotatable bonds is 5. The summed E-state index contributed by atoms with van der Waals surface area (Å²) in [5.74, 6) is -2.47. The van der Waals surface area contributed by atoms with Crippen molar-refractivity contribution >= 4 is 12.1 Å². The SMILES string of the molecule is CC(C)[C@H](NC(=O)OC(C)(C)C)C(=O)OC[C@H]1O[C@@H]2OC(C)(C)O[C@@H]2[C@H]2OC(C)(C)O[C@H]21. The van der Waals surface area contributed by atoms with Crippen LogP contribution in [-0.2, 0) is 38.0 Å². The molecule has 1 amide bonds. The maximum atomic E-state index is 12.8. The van der Waals surface area contributed by atoms with E-state index in [1.807, 2.05) is 27.7 Å². The second-order valence-corrected chi connectivity index (χ2v) is 10.7. The molecular weight excluding hydrogens is 422 g/mol. The van der Waals surface area contributed by atoms with Gasteiger partial charge in [-0.3, -0.25) is 0 Å². The number of esters is 1. The molecule has 184 valence electrons. The molecule has 3 heterocycles. The highest BCUT2D eigenvalue weighted by atomic mass is 16.9. The van der Waals surface area contributed by atoms with Gasteiger partial charge in [0.2, 0.25) is 0 Å². The molecule has 0 aromatic rings. The Morgan fingerprint density at radius 1 is 0.938 bits per heavy atom. The van der Waals surface area contributed by atoms with Crippen LogP contribution in [0, 0.1) is 5.92 Å². The first-order chi connectivity index (χ1) is 14.6. The smallest absolute Gasteiger partial charge is 0.408 e. The van der Waals surface area contributed by atoms with Gasteiger partial charge in [-0.15, -0.1) is 0 Å². The number of hydrogen-bond acceptors (Lipinski definition) is 9. The fourth-order valence-electron chi connectivity index (χ4n) is 4.01. The van der Waals surface area contributed by atoms with Crippen LogP contribution in [0.3, 0.4) is 0 Å². The molecule has 3 aliphatic heterocycles. The first kappa shape index (κ1) is 25.2. The van der Waals surface area contributed by atoms with E-state index in [4.69, 9.17) is 33.2 Å². The lowest BCUT2D eigenvalue weighted by atomic mass is 9.99. The Bertz CT molecular complexity index is 715. The number of alkyl carbamates (subject to hydrolysis) is 1. The van der Waals surface area contributed by atoms with Crippen molar-refractivity contribution in [3.63, 3.8) is 0 Å². The second kappa shape index (κ2) is 8.72. The molecule has 0 aromatic carbocycles. The van der Waals surface area contributed by atoms with E-state index in [0.717, 1.165) is 0 Å². The first-order valence-electron chi connectivity index (χ1n) is 11.1. The minimum Gasteiger partial charge on any atom is -0.461 e. The Labute approximate surface area is 189 Å². The van der Waals surface area contributed by atoms with Gasteiger partial charge in [0.15, 0.2) is 17.9 Å². The summed E-state index contributed by atoms with van der Waals surface area (Å²) in [4.78, 5) is 25.0. The lowest BCUT2D eigenvalue weighted by Gasteiger charge is -2.37. The zero-order valence-electron chi connectivity index (χ0n) is 20.4. The number of fused-ring (bicyclic) bond motifs is 3. The Hall–Kier alpha value is -1.46. The molecule has 1 N–H and O–H groups in total. The average molecular weight is 460 g/mol. The average Bonchev–Trinajstić information content (AvgIpc) is 3.09. The van der Waals surface area contributed by atoms with Crippen LogP contribution in [0.2, 0.25) is 0 Å². The molecule has 32 heavy (non-hydrogen) atoms. The van der Waals surface area contributed by atoms with Crippen LogP contribution in [0.1, 0.15) is 62.3 Å². The highest BCUT2D eigenvalue weighted by molar-refractivity contribution is 5.81. The molecule has 0 unspecified atom stereocenters. The van der Waals surface area contributed by atoms with Crippen LogP contribution in [0.4, 0.5) is 4.79 Å². The molecule has 0 bridgehead atoms. The van der Waals surface area contributed by atoms with E-state index < -0.39 is 66.0 Å². The van der Waals surface area contributed by atoms with Gasteiger partial charge >= 0.3 is 12.1 Å². The Balaban J connectivity index is 1.65. The molecule has 0 aliphatic carbocycles. The van der Waals surface area contributed by atoms with E-state index in [1.165, 1.54) is 0 Å². The highest BCUT2D eigenvalue weighted by Crippen LogP contribution is 2.44. The summed E-state index contributed by atoms with van der Waals surface area (Å²) in [5.41, 5.74) is -0.680. The van der Waals surface area contributed by atoms with Crippen LogP contribution in [-0.4, -0.2) is 72.6 Å². The molecule has 6 atom stereocenters. The molecule has 0 saturated carbocycles. The van der Waals surface area contributed by atoms with Gasteiger partial charge in [-0.1, -0.05) is 13.8 Å². The van der Waals surface area contributed by atoms with Gasteiger partial charge in [-0.05, 0) is 54.4 Å². The molecule has 3 saturated heterocycles. The standard InChI is InChI=1S/C22H37NO9/c1-11(2)13(23-19(25)32-20(3,4)5)17(24)26-10-12-14-15(29-21(6,7)28-14)16-18(27-12)31-22(8,9)30-16/h11-16,18H,10H2,1-9H3,(H,23,25)/t12-,13+,14+,15+,16-,18-/m1/s1. The molecule has 3 rings (SSSR count). The van der Waals surface area contributed by atoms with Crippen LogP contribution in [0.5, 0.6) is 0 Å². The van der Waals surface area contributed by atoms with Crippen LogP contribution in [0.15, 0.2) is 0 Å². The molecule has 0 spiro atoms. The van der Waals surface area contributed by atoms with Gasteiger partial charge < -0.3 is 38.5 Å². The van der Waals surface area contributed by atoms with E-state index in [9.17, 15) is 9.59 Å². The van der Waals surface area contributed by atoms with Crippen molar-refractivity contribution in [1.82, 2.24) is 5.32 Å². The number of carbonyl (C=O) groups excluding carboxylic acids is 2. The van der Waals surface area contributed by atoms with Crippen LogP contribution in [0.25, 0.3) is 0 Å². The third kappa shape index (κ3) is 5.91. The van der Waals surface area contributed by atoms with E-state index in [-0.39, 0.29) is 12.5 Å². The largest absolute Gasteiger partial charge is 0.461 e. The number of ether oxygens (including phenoxy) is 7. The molecule has 3 aliphatic rings. The summed E-state index contributed by atoms with van der Waals surface area (Å²) in [6.07, 6.45) is -3.38. The van der Waals surface area contributed by atoms with Gasteiger partial charge in [0.25, 0.3) is 0 Å². The Kier molecular flexibility index (Phi) is 6.86. The quantitative estimate of drug-likeness (QED) is 0.620. The van der Waals surface area contributed by atoms with Crippen molar-refractivity contribution in [1.29, 1.82) is 0 Å². The zero-order chi connectivity index (χ0) is 24.1. The Morgan fingerprint density at radius 3 is 2.09 bits per heavy atom. The van der Waals surface area contributed by atoms with E-state index in [1.54, 1.807) is 34.6 Å². The predicted molar refractivity (Wildman–Crippen MR) is 111 cm³/mol. The lowest BCUT2D eigenvalue weighted by Crippen LogP contribution is -2.56. The summed E-state index contributed by atoms with van der Waals surface area (Å²) in [5, 5.41) is 2.59. The topological polar surface area (TPSA) is 111 Å². The van der Waals surface area contributed by atoms with Gasteiger partial charge in [0.05, 0.1) is 0 Å². The maximum Gasteiger partial charge on any atom is 0.408 e. The zero-order valence-corrected chi connectivity index (χ0v) is 20.4. The highest BCUT2D eigenvalue weighted by Gasteiger charge is 2.60. The summed E-state index contributed by atoms with van der Waals surface area (Å²) in [7, 11) is 0. The summed E-state index contributed by atoms with van der Waals surface area (Å²) < 4.78 is 40.8. The minimum absolute atomic E-state index is 0.0916. The van der Waals surface area contributed by atoms with Crippen molar-refractivity contribution in [2.45, 2.75) is 116 Å². The van der Waals surface area contributed by atoms with Crippen molar-refractivity contribution in [2.24, 2.45) is 5.92 Å². The van der Waals surface area contributed by atoms with E-state index in [0.29, 0.717) is 0 Å². The Morgan fingerprint density at radius 2 is 1.50 bits per heavy atom. The molecule has 3 fully saturated rings. The van der Waals surface area contributed by atoms with Crippen molar-refractivity contribution in [3.8, 4) is 0 Å². The summed E-state index contributed by atoms with van der Waals surface area (Å²) >= 11 is 0. The summed E-state index contributed by atoms with van der Waals surface area (Å²) in [6, 6.07) is -0.876. The van der Waals surface area contributed by atoms with Gasteiger partial charge in [0.1, 0.15) is 42.7 Å². The first-order valence-corrected chi connectivity index (χ1v) is 11.1. The second-order valence-electron chi connectivity index (χ2n) is 10.7. The van der Waals surface area contributed by atoms with Crippen molar-refractivity contribution in [2.75, 3.05) is 6.61 Å². The third-order valence-corrected chi connectivity index (χ3v) is 5.23. The van der Waals surface area contributed by atoms with Crippen molar-refractivity contribution in [3.05, 3.63) is 0 Å². The maximum absolute atomic E-state index is 12.8. The molecule has 0 radical (unpaired) electrons. The summed E-state index contributed by atoms with van der Waals surface area (Å²) in [6.45, 7) is 16.0. The van der Waals surface area contributed by atoms with Crippen molar-refractivity contribution < 1.29 is 42.7 Å². The van der Waals surface area contributed by atoms with Gasteiger partial charge in [-0.25, -0.2) is 9.59 Å². The molecular formula is C22H37NO9. The number of nitrogens with one attached hydrogen (secondary N) is 1. The number of carbonyl (C=O) groups is 2. The predicted octanol–water partition coefficient (Wildman–Crippen LogP) is 2.48. The molecule has 10 nitrogen and oxygen atoms in total. The van der Waals surface area contributed by atoms with Gasteiger partial charge in [0, 0.05) is 0 Å². The van der Waals surface area contributed by atoms with Gasteiger partial charge in [-0.2, -0.15) is 0 Å². The molecule has 0 aromatic heterocycles. The number of amides is 1. The fourth-order valence-corrected chi connectivity index (χ4v) is 4.01. The monoisotopic (exact) mass is 459 g/mol. The van der Waals surface area contributed by atoms with E-state index in [2.05, 4.69) is 5.32 Å². The molecule has 10 heteroatoms. The fraction of sp³-hybridized carbons (Fsp3) is 0.909. The minimum atomic E-state index is -0.876. The lowest BCUT2D eigenvalue weighted by molar-refractivity contribution is -0.242.